The predicted octanol–water partition coefficient (Wildman–Crippen LogP) is 3.04. The maximum Gasteiger partial charge on any atom is 0.344 e. The number of urea groups is 1. The first-order chi connectivity index (χ1) is 14.0. The molecule has 1 heterocycles. The number of carbonyl (C=O) groups excluding carboxylic acids is 3. The van der Waals surface area contributed by atoms with Crippen LogP contribution in [0.2, 0.25) is 0 Å². The second-order valence-electron chi connectivity index (χ2n) is 7.00. The zero-order chi connectivity index (χ0) is 20.9. The molecule has 3 rings (SSSR count). The molecule has 1 saturated heterocycles. The molecule has 1 fully saturated rings. The molecule has 4 amide bonds. The highest BCUT2D eigenvalue weighted by Crippen LogP contribution is 2.31. The number of nitrogens with one attached hydrogen (secondary N) is 2. The standard InChI is InChI=1S/C22H25N3O4/c1-3-22(17-10-5-4-6-11-17)20(27)25(21(28)23-22)24-19(26)13-8-14-29-18-12-7-9-16(2)15-18/h4-7,9-12,15H,3,8,13-14H2,1-2H3,(H,23,28)(H,24,26)/t22-/m0/s1. The molecule has 0 radical (unpaired) electrons. The molecule has 1 aliphatic rings. The number of hydrogen-bond acceptors (Lipinski definition) is 4. The summed E-state index contributed by atoms with van der Waals surface area (Å²) in [5.74, 6) is -0.156. The molecule has 0 aliphatic carbocycles. The lowest BCUT2D eigenvalue weighted by molar-refractivity contribution is -0.139. The van der Waals surface area contributed by atoms with Gasteiger partial charge in [-0.15, -0.1) is 0 Å². The summed E-state index contributed by atoms with van der Waals surface area (Å²) >= 11 is 0. The van der Waals surface area contributed by atoms with Crippen molar-refractivity contribution in [2.45, 2.75) is 38.6 Å². The predicted molar refractivity (Wildman–Crippen MR) is 108 cm³/mol. The molecule has 2 N–H and O–H groups in total. The highest BCUT2D eigenvalue weighted by atomic mass is 16.5. The van der Waals surface area contributed by atoms with Gasteiger partial charge in [0, 0.05) is 6.42 Å². The molecule has 7 nitrogen and oxygen atoms in total. The average molecular weight is 395 g/mol. The number of nitrogens with zero attached hydrogens (tertiary/aromatic N) is 1. The summed E-state index contributed by atoms with van der Waals surface area (Å²) in [6.07, 6.45) is 0.965. The maximum atomic E-state index is 13.0. The van der Waals surface area contributed by atoms with Crippen molar-refractivity contribution < 1.29 is 19.1 Å². The van der Waals surface area contributed by atoms with Gasteiger partial charge in [0.05, 0.1) is 6.61 Å². The van der Waals surface area contributed by atoms with Gasteiger partial charge in [-0.25, -0.2) is 4.79 Å². The molecule has 2 aromatic carbocycles. The lowest BCUT2D eigenvalue weighted by Crippen LogP contribution is -2.48. The van der Waals surface area contributed by atoms with E-state index in [-0.39, 0.29) is 6.42 Å². The van der Waals surface area contributed by atoms with E-state index >= 15 is 0 Å². The molecule has 152 valence electrons. The molecule has 29 heavy (non-hydrogen) atoms. The molecule has 1 atom stereocenters. The fourth-order valence-corrected chi connectivity index (χ4v) is 3.35. The Bertz CT molecular complexity index is 900. The van der Waals surface area contributed by atoms with E-state index in [1.165, 1.54) is 0 Å². The van der Waals surface area contributed by atoms with Crippen LogP contribution in [-0.2, 0) is 15.1 Å². The van der Waals surface area contributed by atoms with E-state index in [9.17, 15) is 14.4 Å². The van der Waals surface area contributed by atoms with Crippen LogP contribution in [-0.4, -0.2) is 29.5 Å². The van der Waals surface area contributed by atoms with E-state index < -0.39 is 23.4 Å². The minimum atomic E-state index is -1.17. The molecule has 0 spiro atoms. The van der Waals surface area contributed by atoms with Gasteiger partial charge in [0.25, 0.3) is 5.91 Å². The molecule has 2 aromatic rings. The Balaban J connectivity index is 1.55. The summed E-state index contributed by atoms with van der Waals surface area (Å²) in [7, 11) is 0. The van der Waals surface area contributed by atoms with Crippen LogP contribution < -0.4 is 15.5 Å². The van der Waals surface area contributed by atoms with Gasteiger partial charge in [0.1, 0.15) is 11.3 Å². The normalized spacial score (nSPS) is 18.5. The number of rotatable bonds is 8. The fourth-order valence-electron chi connectivity index (χ4n) is 3.35. The van der Waals surface area contributed by atoms with Crippen LogP contribution >= 0.6 is 0 Å². The quantitative estimate of drug-likeness (QED) is 0.531. The lowest BCUT2D eigenvalue weighted by Gasteiger charge is -2.25. The number of benzene rings is 2. The first-order valence-corrected chi connectivity index (χ1v) is 9.67. The highest BCUT2D eigenvalue weighted by molar-refractivity contribution is 6.08. The zero-order valence-corrected chi connectivity index (χ0v) is 16.6. The summed E-state index contributed by atoms with van der Waals surface area (Å²) in [5, 5.41) is 3.51. The van der Waals surface area contributed by atoms with Crippen LogP contribution in [0.4, 0.5) is 4.79 Å². The molecule has 0 unspecified atom stereocenters. The Kier molecular flexibility index (Phi) is 6.16. The second kappa shape index (κ2) is 8.77. The van der Waals surface area contributed by atoms with Crippen molar-refractivity contribution in [3.63, 3.8) is 0 Å². The van der Waals surface area contributed by atoms with Crippen LogP contribution in [0.25, 0.3) is 0 Å². The van der Waals surface area contributed by atoms with Gasteiger partial charge in [0.15, 0.2) is 0 Å². The monoisotopic (exact) mass is 395 g/mol. The van der Waals surface area contributed by atoms with Gasteiger partial charge in [0.2, 0.25) is 5.91 Å². The molecule has 0 bridgehead atoms. The van der Waals surface area contributed by atoms with Crippen molar-refractivity contribution in [2.75, 3.05) is 6.61 Å². The Hall–Kier alpha value is -3.35. The van der Waals surface area contributed by atoms with Gasteiger partial charge in [-0.05, 0) is 43.0 Å². The number of hydrazine groups is 1. The largest absolute Gasteiger partial charge is 0.494 e. The number of hydrogen-bond donors (Lipinski definition) is 2. The van der Waals surface area contributed by atoms with Crippen molar-refractivity contribution >= 4 is 17.8 Å². The van der Waals surface area contributed by atoms with Crippen molar-refractivity contribution in [3.8, 4) is 5.75 Å². The summed E-state index contributed by atoms with van der Waals surface area (Å²) in [6.45, 7) is 4.16. The Labute approximate surface area is 170 Å². The molecule has 7 heteroatoms. The summed E-state index contributed by atoms with van der Waals surface area (Å²) < 4.78 is 5.62. The van der Waals surface area contributed by atoms with Crippen LogP contribution in [0.15, 0.2) is 54.6 Å². The summed E-state index contributed by atoms with van der Waals surface area (Å²) in [5.41, 5.74) is 3.03. The minimum Gasteiger partial charge on any atom is -0.494 e. The van der Waals surface area contributed by atoms with Crippen LogP contribution in [0.1, 0.15) is 37.3 Å². The smallest absolute Gasteiger partial charge is 0.344 e. The number of ether oxygens (including phenoxy) is 1. The van der Waals surface area contributed by atoms with E-state index in [2.05, 4.69) is 10.7 Å². The van der Waals surface area contributed by atoms with Crippen LogP contribution in [0.5, 0.6) is 5.75 Å². The number of amides is 4. The third-order valence-electron chi connectivity index (χ3n) is 4.93. The van der Waals surface area contributed by atoms with E-state index in [4.69, 9.17) is 4.74 Å². The zero-order valence-electron chi connectivity index (χ0n) is 16.6. The highest BCUT2D eigenvalue weighted by Gasteiger charge is 2.52. The van der Waals surface area contributed by atoms with Gasteiger partial charge >= 0.3 is 6.03 Å². The first-order valence-electron chi connectivity index (χ1n) is 9.67. The summed E-state index contributed by atoms with van der Waals surface area (Å²) in [4.78, 5) is 37.6. The van der Waals surface area contributed by atoms with Crippen molar-refractivity contribution in [2.24, 2.45) is 0 Å². The van der Waals surface area contributed by atoms with E-state index in [1.54, 1.807) is 12.1 Å². The third-order valence-corrected chi connectivity index (χ3v) is 4.93. The number of carbonyl (C=O) groups is 3. The van der Waals surface area contributed by atoms with Crippen LogP contribution in [0.3, 0.4) is 0 Å². The number of aryl methyl sites for hydroxylation is 1. The Morgan fingerprint density at radius 2 is 1.90 bits per heavy atom. The third kappa shape index (κ3) is 4.39. The maximum absolute atomic E-state index is 13.0. The molecular formula is C22H25N3O4. The van der Waals surface area contributed by atoms with Gasteiger partial charge in [-0.1, -0.05) is 49.4 Å². The van der Waals surface area contributed by atoms with E-state index in [0.717, 1.165) is 16.3 Å². The molecular weight excluding hydrogens is 370 g/mol. The van der Waals surface area contributed by atoms with Gasteiger partial charge in [-0.2, -0.15) is 5.01 Å². The Morgan fingerprint density at radius 3 is 2.59 bits per heavy atom. The van der Waals surface area contributed by atoms with Crippen molar-refractivity contribution in [1.82, 2.24) is 15.8 Å². The van der Waals surface area contributed by atoms with Gasteiger partial charge in [-0.3, -0.25) is 15.0 Å². The van der Waals surface area contributed by atoms with E-state index in [1.807, 2.05) is 56.3 Å². The average Bonchev–Trinajstić information content (AvgIpc) is 2.97. The first kappa shape index (κ1) is 20.4. The second-order valence-corrected chi connectivity index (χ2v) is 7.00. The van der Waals surface area contributed by atoms with Gasteiger partial charge < -0.3 is 10.1 Å². The van der Waals surface area contributed by atoms with Crippen molar-refractivity contribution in [1.29, 1.82) is 0 Å². The summed E-state index contributed by atoms with van der Waals surface area (Å²) in [6, 6.07) is 16.0. The molecule has 1 aliphatic heterocycles. The molecule has 0 saturated carbocycles. The SMILES string of the molecule is CC[C@@]1(c2ccccc2)NC(=O)N(NC(=O)CCCOc2cccc(C)c2)C1=O. The number of imide groups is 1. The minimum absolute atomic E-state index is 0.132. The van der Waals surface area contributed by atoms with Crippen molar-refractivity contribution in [3.05, 3.63) is 65.7 Å². The van der Waals surface area contributed by atoms with Crippen LogP contribution in [0, 0.1) is 6.92 Å². The Morgan fingerprint density at radius 1 is 1.14 bits per heavy atom. The molecule has 0 aromatic heterocycles. The van der Waals surface area contributed by atoms with E-state index in [0.29, 0.717) is 25.0 Å². The topological polar surface area (TPSA) is 87.7 Å². The fraction of sp³-hybridized carbons (Fsp3) is 0.318. The lowest BCUT2D eigenvalue weighted by atomic mass is 9.87.